The number of Topliss-reactive ketones (excluding diaryl/α,β-unsaturated/α-hetero) is 1. The summed E-state index contributed by atoms with van der Waals surface area (Å²) in [6, 6.07) is 0.591. The Morgan fingerprint density at radius 3 is 2.07 bits per heavy atom. The molecule has 0 unspecified atom stereocenters. The van der Waals surface area contributed by atoms with Gasteiger partial charge in [0, 0.05) is 12.1 Å². The van der Waals surface area contributed by atoms with Gasteiger partial charge in [-0.05, 0) is 26.3 Å². The zero-order valence-corrected chi connectivity index (χ0v) is 11.7. The van der Waals surface area contributed by atoms with Gasteiger partial charge in [0.15, 0.2) is 15.5 Å². The summed E-state index contributed by atoms with van der Waals surface area (Å²) in [6.07, 6.45) is 0.264. The molecule has 0 aromatic carbocycles. The zero-order chi connectivity index (χ0) is 12.3. The molecule has 5 heteroatoms. The van der Waals surface area contributed by atoms with Gasteiger partial charge in [0.25, 0.3) is 0 Å². The molecule has 15 heavy (non-hydrogen) atoms. The second-order valence-electron chi connectivity index (χ2n) is 3.21. The molecule has 0 saturated heterocycles. The van der Waals surface area contributed by atoms with Crippen LogP contribution in [0.3, 0.4) is 0 Å². The molecule has 0 fully saturated rings. The molecule has 0 atom stereocenters. The summed E-state index contributed by atoms with van der Waals surface area (Å²) >= 11 is 0. The smallest absolute Gasteiger partial charge is 0.169 e. The van der Waals surface area contributed by atoms with Gasteiger partial charge in [0.05, 0.1) is 14.2 Å². The van der Waals surface area contributed by atoms with E-state index in [9.17, 15) is 4.79 Å². The lowest BCUT2D eigenvalue weighted by Crippen LogP contribution is -2.11. The van der Waals surface area contributed by atoms with E-state index in [-0.39, 0.29) is 11.9 Å². The normalized spacial score (nSPS) is 10.3. The highest BCUT2D eigenvalue weighted by molar-refractivity contribution is 6.36. The predicted octanol–water partition coefficient (Wildman–Crippen LogP) is 1.25. The first-order valence-electron chi connectivity index (χ1n) is 4.82. The number of carbonyl (C=O) groups excluding carboxylic acids is 1. The maximum atomic E-state index is 11.0. The fourth-order valence-electron chi connectivity index (χ4n) is 0.601. The Morgan fingerprint density at radius 2 is 1.80 bits per heavy atom. The van der Waals surface area contributed by atoms with Crippen LogP contribution in [0.4, 0.5) is 0 Å². The first-order valence-corrected chi connectivity index (χ1v) is 6.40. The zero-order valence-electron chi connectivity index (χ0n) is 10.3. The van der Waals surface area contributed by atoms with Gasteiger partial charge in [-0.3, -0.25) is 4.79 Å². The van der Waals surface area contributed by atoms with Crippen LogP contribution in [0.15, 0.2) is 12.2 Å². The maximum Gasteiger partial charge on any atom is 0.169 e. The van der Waals surface area contributed by atoms with Gasteiger partial charge >= 0.3 is 0 Å². The van der Waals surface area contributed by atoms with Crippen molar-refractivity contribution in [1.82, 2.24) is 0 Å². The average Bonchev–Trinajstić information content (AvgIpc) is 2.17. The average molecular weight is 234 g/mol. The van der Waals surface area contributed by atoms with Crippen molar-refractivity contribution in [2.45, 2.75) is 32.9 Å². The number of carbonyl (C=O) groups is 1. The SMILES string of the molecule is C=C(C)C(=O)C[SiH2]OC(C)C.COOC. The maximum absolute atomic E-state index is 11.0. The third kappa shape index (κ3) is 16.2. The van der Waals surface area contributed by atoms with Crippen LogP contribution in [-0.4, -0.2) is 35.9 Å². The Hall–Kier alpha value is -0.493. The van der Waals surface area contributed by atoms with E-state index in [0.717, 1.165) is 0 Å². The molecule has 0 aromatic rings. The first-order chi connectivity index (χ1) is 6.95. The molecule has 90 valence electrons. The molecule has 0 bridgehead atoms. The van der Waals surface area contributed by atoms with Crippen molar-refractivity contribution in [3.8, 4) is 0 Å². The molecule has 0 radical (unpaired) electrons. The lowest BCUT2D eigenvalue weighted by Gasteiger charge is -2.05. The number of hydrogen-bond donors (Lipinski definition) is 0. The Bertz CT molecular complexity index is 178. The van der Waals surface area contributed by atoms with E-state index in [4.69, 9.17) is 4.43 Å². The summed E-state index contributed by atoms with van der Waals surface area (Å²) in [5.74, 6) is 0.150. The van der Waals surface area contributed by atoms with E-state index in [1.54, 1.807) is 6.92 Å². The van der Waals surface area contributed by atoms with Crippen LogP contribution < -0.4 is 0 Å². The number of rotatable bonds is 6. The summed E-state index contributed by atoms with van der Waals surface area (Å²) in [7, 11) is 2.28. The highest BCUT2D eigenvalue weighted by Gasteiger charge is 2.02. The molecule has 0 amide bonds. The van der Waals surface area contributed by atoms with Crippen molar-refractivity contribution in [1.29, 1.82) is 0 Å². The van der Waals surface area contributed by atoms with Crippen LogP contribution in [-0.2, 0) is 19.0 Å². The van der Waals surface area contributed by atoms with E-state index < -0.39 is 9.76 Å². The molecular formula is C10H22O4Si. The third-order valence-electron chi connectivity index (χ3n) is 1.42. The van der Waals surface area contributed by atoms with Gasteiger partial charge in [-0.15, -0.1) is 0 Å². The predicted molar refractivity (Wildman–Crippen MR) is 63.4 cm³/mol. The van der Waals surface area contributed by atoms with E-state index >= 15 is 0 Å². The fourth-order valence-corrected chi connectivity index (χ4v) is 1.80. The highest BCUT2D eigenvalue weighted by atomic mass is 28.2. The van der Waals surface area contributed by atoms with Crippen molar-refractivity contribution >= 4 is 15.5 Å². The Balaban J connectivity index is 0. The number of ketones is 1. The Kier molecular flexibility index (Phi) is 13.1. The summed E-state index contributed by atoms with van der Waals surface area (Å²) in [4.78, 5) is 19.1. The van der Waals surface area contributed by atoms with Crippen LogP contribution in [0.1, 0.15) is 20.8 Å². The van der Waals surface area contributed by atoms with E-state index in [1.165, 1.54) is 14.2 Å². The minimum Gasteiger partial charge on any atom is -0.421 e. The quantitative estimate of drug-likeness (QED) is 0.300. The van der Waals surface area contributed by atoms with E-state index in [0.29, 0.717) is 11.6 Å². The summed E-state index contributed by atoms with van der Waals surface area (Å²) in [5, 5.41) is 0. The molecule has 0 rings (SSSR count). The van der Waals surface area contributed by atoms with Crippen molar-refractivity contribution in [3.63, 3.8) is 0 Å². The molecule has 0 aliphatic rings. The molecule has 0 saturated carbocycles. The van der Waals surface area contributed by atoms with Crippen molar-refractivity contribution in [3.05, 3.63) is 12.2 Å². The molecule has 0 heterocycles. The number of allylic oxidation sites excluding steroid dienone is 1. The first kappa shape index (κ1) is 16.9. The summed E-state index contributed by atoms with van der Waals surface area (Å²) < 4.78 is 5.34. The van der Waals surface area contributed by atoms with Gasteiger partial charge in [-0.25, -0.2) is 9.78 Å². The van der Waals surface area contributed by atoms with E-state index in [1.807, 2.05) is 13.8 Å². The standard InChI is InChI=1S/C8H16O2Si.C2H6O2/c1-6(2)8(9)5-11-10-7(3)4;1-3-4-2/h7H,1,5,11H2,2-4H3;1-2H3. The van der Waals surface area contributed by atoms with Crippen molar-refractivity contribution < 1.29 is 19.0 Å². The lowest BCUT2D eigenvalue weighted by atomic mass is 10.2. The topological polar surface area (TPSA) is 44.8 Å². The van der Waals surface area contributed by atoms with Gasteiger partial charge in [0.1, 0.15) is 0 Å². The third-order valence-corrected chi connectivity index (χ3v) is 2.98. The van der Waals surface area contributed by atoms with E-state index in [2.05, 4.69) is 16.4 Å². The van der Waals surface area contributed by atoms with Crippen LogP contribution in [0.25, 0.3) is 0 Å². The van der Waals surface area contributed by atoms with Gasteiger partial charge in [0.2, 0.25) is 0 Å². The molecule has 4 nitrogen and oxygen atoms in total. The monoisotopic (exact) mass is 234 g/mol. The summed E-state index contributed by atoms with van der Waals surface area (Å²) in [6.45, 7) is 9.28. The molecule has 0 aliphatic carbocycles. The van der Waals surface area contributed by atoms with Crippen LogP contribution >= 0.6 is 0 Å². The molecule has 0 spiro atoms. The molecule has 0 N–H and O–H groups in total. The minimum atomic E-state index is -0.637. The van der Waals surface area contributed by atoms with Crippen LogP contribution in [0.2, 0.25) is 6.04 Å². The van der Waals surface area contributed by atoms with Crippen molar-refractivity contribution in [2.24, 2.45) is 0 Å². The minimum absolute atomic E-state index is 0.150. The molecular weight excluding hydrogens is 212 g/mol. The fraction of sp³-hybridized carbons (Fsp3) is 0.700. The van der Waals surface area contributed by atoms with Crippen LogP contribution in [0.5, 0.6) is 0 Å². The van der Waals surface area contributed by atoms with Crippen LogP contribution in [0, 0.1) is 0 Å². The number of hydrogen-bond acceptors (Lipinski definition) is 4. The second kappa shape index (κ2) is 11.6. The Morgan fingerprint density at radius 1 is 1.33 bits per heavy atom. The van der Waals surface area contributed by atoms with Gasteiger partial charge in [-0.1, -0.05) is 6.58 Å². The summed E-state index contributed by atoms with van der Waals surface area (Å²) in [5.41, 5.74) is 0.643. The van der Waals surface area contributed by atoms with Crippen molar-refractivity contribution in [2.75, 3.05) is 14.2 Å². The second-order valence-corrected chi connectivity index (χ2v) is 4.45. The van der Waals surface area contributed by atoms with Gasteiger partial charge < -0.3 is 4.43 Å². The highest BCUT2D eigenvalue weighted by Crippen LogP contribution is 1.96. The molecule has 0 aromatic heterocycles. The largest absolute Gasteiger partial charge is 0.421 e. The Labute approximate surface area is 94.5 Å². The lowest BCUT2D eigenvalue weighted by molar-refractivity contribution is -0.248. The molecule has 0 aliphatic heterocycles. The van der Waals surface area contributed by atoms with Gasteiger partial charge in [-0.2, -0.15) is 0 Å².